The van der Waals surface area contributed by atoms with Crippen LogP contribution in [0, 0.1) is 0 Å². The third-order valence-electron chi connectivity index (χ3n) is 0. The van der Waals surface area contributed by atoms with Crippen LogP contribution in [0.4, 0.5) is 0 Å². The molecule has 0 N–H and O–H groups in total. The molecule has 0 aliphatic heterocycles. The molecule has 0 spiro atoms. The van der Waals surface area contributed by atoms with Crippen molar-refractivity contribution in [3.63, 3.8) is 0 Å². The van der Waals surface area contributed by atoms with Crippen molar-refractivity contribution in [2.45, 2.75) is 0 Å². The molecule has 0 saturated heterocycles. The minimum atomic E-state index is 0. The molecule has 0 aliphatic rings. The molecule has 0 heterocycles. The first kappa shape index (κ1) is 40.0. The fourth-order valence-corrected chi connectivity index (χ4v) is 0. The van der Waals surface area contributed by atoms with Gasteiger partial charge in [-0.25, -0.2) is 0 Å². The van der Waals surface area contributed by atoms with Crippen LogP contribution in [0.2, 0.25) is 0 Å². The molecule has 0 nitrogen and oxygen atoms in total. The minimum absolute atomic E-state index is 0. The first-order valence-corrected chi connectivity index (χ1v) is 0. The number of rotatable bonds is 0. The third kappa shape index (κ3) is 18.7. The summed E-state index contributed by atoms with van der Waals surface area (Å²) in [5.41, 5.74) is 0. The quantitative estimate of drug-likeness (QED) is 0.371. The van der Waals surface area contributed by atoms with Crippen molar-refractivity contribution in [3.05, 3.63) is 0 Å². The first-order valence-electron chi connectivity index (χ1n) is 0. The Morgan fingerprint density at radius 3 is 1.00 bits per heavy atom. The molecule has 0 aliphatic carbocycles. The van der Waals surface area contributed by atoms with E-state index in [1.807, 2.05) is 0 Å². The van der Waals surface area contributed by atoms with E-state index in [1.54, 1.807) is 0 Å². The van der Waals surface area contributed by atoms with Gasteiger partial charge in [-0.3, -0.25) is 0 Å². The van der Waals surface area contributed by atoms with Crippen LogP contribution in [-0.4, -0.2) is 51.7 Å². The second kappa shape index (κ2) is 26.3. The summed E-state index contributed by atoms with van der Waals surface area (Å²) in [4.78, 5) is 0. The fourth-order valence-electron chi connectivity index (χ4n) is 0. The van der Waals surface area contributed by atoms with Crippen molar-refractivity contribution in [3.8, 4) is 0 Å². The number of hydrogen-bond donors (Lipinski definition) is 0. The molecule has 0 unspecified atom stereocenters. The van der Waals surface area contributed by atoms with Crippen molar-refractivity contribution >= 4 is 51.7 Å². The monoisotopic (exact) mass is 514 g/mol. The molecule has 5 heteroatoms. The van der Waals surface area contributed by atoms with Crippen LogP contribution in [0.5, 0.6) is 0 Å². The molecule has 0 aromatic carbocycles. The molecule has 0 aromatic rings. The fraction of sp³-hybridized carbons (Fsp3) is 0. The summed E-state index contributed by atoms with van der Waals surface area (Å²) in [5, 5.41) is 0. The normalized spacial score (nSPS) is 0. The molecule has 32 valence electrons. The predicted molar refractivity (Wildman–Crippen MR) is 11.5 cm³/mol. The van der Waals surface area contributed by atoms with E-state index in [1.165, 1.54) is 0 Å². The zero-order valence-corrected chi connectivity index (χ0v) is 13.6. The number of hydrogen-bond acceptors (Lipinski definition) is 0. The topological polar surface area (TPSA) is 0 Å². The Balaban J connectivity index is 0. The van der Waals surface area contributed by atoms with E-state index in [4.69, 9.17) is 0 Å². The van der Waals surface area contributed by atoms with Crippen LogP contribution in [-0.2, 0) is 53.0 Å². The van der Waals surface area contributed by atoms with Gasteiger partial charge in [0.25, 0.3) is 0 Å². The molecule has 0 saturated carbocycles. The molecule has 0 amide bonds. The maximum atomic E-state index is 0. The molecule has 0 bridgehead atoms. The average molecular weight is 517 g/mol. The Morgan fingerprint density at radius 2 is 1.00 bits per heavy atom. The van der Waals surface area contributed by atoms with Gasteiger partial charge in [-0.15, -0.1) is 0 Å². The molecular weight excluding hydrogens is 517 g/mol. The zero-order chi connectivity index (χ0) is 0. The van der Waals surface area contributed by atoms with Crippen LogP contribution in [0.15, 0.2) is 0 Å². The summed E-state index contributed by atoms with van der Waals surface area (Å²) < 4.78 is 0. The average Bonchev–Trinajstić information content (AvgIpc) is 0. The molecule has 5 heavy (non-hydrogen) atoms. The molecule has 8 radical (unpaired) electrons. The van der Waals surface area contributed by atoms with Crippen molar-refractivity contribution in [2.75, 3.05) is 0 Å². The molecule has 0 fully saturated rings. The van der Waals surface area contributed by atoms with Crippen molar-refractivity contribution in [1.82, 2.24) is 0 Å². The first-order chi connectivity index (χ1) is 0. The summed E-state index contributed by atoms with van der Waals surface area (Å²) in [6, 6.07) is 0. The minimum Gasteiger partial charge on any atom is 0 e. The van der Waals surface area contributed by atoms with Gasteiger partial charge in [0, 0.05) is 105 Å². The Labute approximate surface area is 103 Å². The summed E-state index contributed by atoms with van der Waals surface area (Å²) in [7, 11) is 0. The van der Waals surface area contributed by atoms with E-state index in [0.717, 1.165) is 0 Å². The van der Waals surface area contributed by atoms with Crippen LogP contribution in [0.25, 0.3) is 0 Å². The van der Waals surface area contributed by atoms with Crippen LogP contribution < -0.4 is 0 Å². The van der Waals surface area contributed by atoms with Crippen molar-refractivity contribution in [2.24, 2.45) is 0 Å². The molecular formula is CuNiPbSbZn. The van der Waals surface area contributed by atoms with E-state index in [-0.39, 0.29) is 105 Å². The summed E-state index contributed by atoms with van der Waals surface area (Å²) in [5.74, 6) is 0. The van der Waals surface area contributed by atoms with E-state index >= 15 is 0 Å². The maximum Gasteiger partial charge on any atom is 0 e. The third-order valence-corrected chi connectivity index (χ3v) is 0. The second-order valence-corrected chi connectivity index (χ2v) is 0. The zero-order valence-electron chi connectivity index (χ0n) is 2.27. The van der Waals surface area contributed by atoms with Gasteiger partial charge in [0.1, 0.15) is 0 Å². The second-order valence-electron chi connectivity index (χ2n) is 0. The van der Waals surface area contributed by atoms with Gasteiger partial charge in [-0.05, 0) is 0 Å². The van der Waals surface area contributed by atoms with Gasteiger partial charge in [0.2, 0.25) is 0 Å². The maximum absolute atomic E-state index is 0. The largest absolute Gasteiger partial charge is 0 e. The van der Waals surface area contributed by atoms with Gasteiger partial charge in [0.05, 0.1) is 0 Å². The Kier molecular flexibility index (Phi) is 210. The predicted octanol–water partition coefficient (Wildman–Crippen LogP) is -0.769. The van der Waals surface area contributed by atoms with E-state index in [0.29, 0.717) is 0 Å². The SMILES string of the molecule is [Cu].[Ni].[Pb].[Sb].[Zn]. The Hall–Kier alpha value is 3.38. The van der Waals surface area contributed by atoms with E-state index < -0.39 is 0 Å². The summed E-state index contributed by atoms with van der Waals surface area (Å²) in [6.45, 7) is 0. The van der Waals surface area contributed by atoms with Crippen molar-refractivity contribution in [1.29, 1.82) is 0 Å². The van der Waals surface area contributed by atoms with Crippen LogP contribution >= 0.6 is 0 Å². The Bertz CT molecular complexity index is 11.6. The molecule has 0 rings (SSSR count). The van der Waals surface area contributed by atoms with E-state index in [9.17, 15) is 0 Å². The Morgan fingerprint density at radius 1 is 1.00 bits per heavy atom. The van der Waals surface area contributed by atoms with Gasteiger partial charge < -0.3 is 0 Å². The van der Waals surface area contributed by atoms with Gasteiger partial charge in [-0.1, -0.05) is 0 Å². The standard InChI is InChI=1S/Cu.Ni.Pb.Sb.Zn. The molecule has 0 atom stereocenters. The van der Waals surface area contributed by atoms with Crippen LogP contribution in [0.3, 0.4) is 0 Å². The van der Waals surface area contributed by atoms with Crippen molar-refractivity contribution < 1.29 is 53.0 Å². The van der Waals surface area contributed by atoms with Crippen LogP contribution in [0.1, 0.15) is 0 Å². The summed E-state index contributed by atoms with van der Waals surface area (Å²) in [6.07, 6.45) is 0. The smallest absolute Gasteiger partial charge is 0 e. The van der Waals surface area contributed by atoms with Gasteiger partial charge in [0.15, 0.2) is 0 Å². The van der Waals surface area contributed by atoms with Gasteiger partial charge >= 0.3 is 0 Å². The summed E-state index contributed by atoms with van der Waals surface area (Å²) >= 11 is 0. The van der Waals surface area contributed by atoms with Gasteiger partial charge in [-0.2, -0.15) is 0 Å². The van der Waals surface area contributed by atoms with E-state index in [2.05, 4.69) is 0 Å². The molecule has 0 aromatic heterocycles.